The van der Waals surface area contributed by atoms with Gasteiger partial charge in [-0.3, -0.25) is 0 Å². The number of nitrogens with zero attached hydrogens (tertiary/aromatic N) is 1. The molecule has 0 spiro atoms. The van der Waals surface area contributed by atoms with Crippen molar-refractivity contribution in [3.05, 3.63) is 0 Å². The Morgan fingerprint density at radius 1 is 0.955 bits per heavy atom. The number of likely N-dealkylation sites (tertiary alicyclic amines) is 1. The maximum atomic E-state index is 5.50. The molecule has 1 N–H and O–H groups in total. The largest absolute Gasteiger partial charge is 0.381 e. The predicted octanol–water partition coefficient (Wildman–Crippen LogP) is 3.43. The molecule has 3 aliphatic rings. The van der Waals surface area contributed by atoms with Crippen LogP contribution in [-0.4, -0.2) is 49.3 Å². The molecule has 0 amide bonds. The molecule has 3 heteroatoms. The molecule has 3 unspecified atom stereocenters. The quantitative estimate of drug-likeness (QED) is 0.861. The van der Waals surface area contributed by atoms with Crippen LogP contribution >= 0.6 is 0 Å². The van der Waals surface area contributed by atoms with E-state index in [0.717, 1.165) is 37.1 Å². The first-order valence-corrected chi connectivity index (χ1v) is 9.82. The van der Waals surface area contributed by atoms with Crippen LogP contribution in [0.1, 0.15) is 65.2 Å². The van der Waals surface area contributed by atoms with Crippen molar-refractivity contribution >= 4 is 0 Å². The van der Waals surface area contributed by atoms with Crippen LogP contribution in [0.25, 0.3) is 0 Å². The zero-order valence-corrected chi connectivity index (χ0v) is 14.7. The van der Waals surface area contributed by atoms with Gasteiger partial charge in [-0.25, -0.2) is 0 Å². The van der Waals surface area contributed by atoms with E-state index < -0.39 is 0 Å². The topological polar surface area (TPSA) is 24.5 Å². The molecule has 3 rings (SSSR count). The molecule has 0 aromatic heterocycles. The minimum absolute atomic E-state index is 0.661. The van der Waals surface area contributed by atoms with Gasteiger partial charge in [0, 0.05) is 31.3 Å². The molecule has 128 valence electrons. The molecule has 2 saturated heterocycles. The molecule has 0 aromatic rings. The SMILES string of the molecule is CC1CCCCC1N1CCC(NC(C)C2CCOCC2)CC1. The second-order valence-electron chi connectivity index (χ2n) is 8.04. The zero-order chi connectivity index (χ0) is 15.4. The van der Waals surface area contributed by atoms with E-state index in [9.17, 15) is 0 Å². The summed E-state index contributed by atoms with van der Waals surface area (Å²) < 4.78 is 5.50. The Labute approximate surface area is 137 Å². The summed E-state index contributed by atoms with van der Waals surface area (Å²) >= 11 is 0. The van der Waals surface area contributed by atoms with Gasteiger partial charge >= 0.3 is 0 Å². The van der Waals surface area contributed by atoms with E-state index >= 15 is 0 Å². The monoisotopic (exact) mass is 308 g/mol. The van der Waals surface area contributed by atoms with Crippen molar-refractivity contribution in [3.63, 3.8) is 0 Å². The Balaban J connectivity index is 1.41. The van der Waals surface area contributed by atoms with Crippen molar-refractivity contribution in [2.75, 3.05) is 26.3 Å². The molecular weight excluding hydrogens is 272 g/mol. The van der Waals surface area contributed by atoms with Gasteiger partial charge in [-0.2, -0.15) is 0 Å². The summed E-state index contributed by atoms with van der Waals surface area (Å²) in [5, 5.41) is 3.94. The van der Waals surface area contributed by atoms with Gasteiger partial charge < -0.3 is 15.0 Å². The highest BCUT2D eigenvalue weighted by Crippen LogP contribution is 2.30. The third-order valence-corrected chi connectivity index (χ3v) is 6.54. The Bertz CT molecular complexity index is 321. The smallest absolute Gasteiger partial charge is 0.0469 e. The highest BCUT2D eigenvalue weighted by Gasteiger charge is 2.31. The molecule has 2 aliphatic heterocycles. The highest BCUT2D eigenvalue weighted by molar-refractivity contribution is 4.88. The fraction of sp³-hybridized carbons (Fsp3) is 1.00. The lowest BCUT2D eigenvalue weighted by atomic mass is 9.83. The molecule has 0 radical (unpaired) electrons. The first-order chi connectivity index (χ1) is 10.7. The number of piperidine rings is 1. The summed E-state index contributed by atoms with van der Waals surface area (Å²) in [6, 6.07) is 2.28. The summed E-state index contributed by atoms with van der Waals surface area (Å²) in [5.41, 5.74) is 0. The van der Waals surface area contributed by atoms with Gasteiger partial charge in [0.25, 0.3) is 0 Å². The molecule has 2 heterocycles. The summed E-state index contributed by atoms with van der Waals surface area (Å²) in [6.45, 7) is 9.43. The van der Waals surface area contributed by atoms with Crippen LogP contribution < -0.4 is 5.32 Å². The van der Waals surface area contributed by atoms with Crippen molar-refractivity contribution in [1.29, 1.82) is 0 Å². The fourth-order valence-corrected chi connectivity index (χ4v) is 4.96. The van der Waals surface area contributed by atoms with Crippen LogP contribution in [0, 0.1) is 11.8 Å². The van der Waals surface area contributed by atoms with Gasteiger partial charge in [-0.1, -0.05) is 19.8 Å². The lowest BCUT2D eigenvalue weighted by Gasteiger charge is -2.43. The molecule has 0 aromatic carbocycles. The maximum absolute atomic E-state index is 5.50. The standard InChI is InChI=1S/C19H36N2O/c1-15-5-3-4-6-19(15)21-11-7-18(8-12-21)20-16(2)17-9-13-22-14-10-17/h15-20H,3-14H2,1-2H3. The van der Waals surface area contributed by atoms with Crippen molar-refractivity contribution < 1.29 is 4.74 Å². The maximum Gasteiger partial charge on any atom is 0.0469 e. The molecule has 3 nitrogen and oxygen atoms in total. The second-order valence-corrected chi connectivity index (χ2v) is 8.04. The lowest BCUT2D eigenvalue weighted by Crippen LogP contribution is -2.51. The van der Waals surface area contributed by atoms with Gasteiger partial charge in [0.15, 0.2) is 0 Å². The third kappa shape index (κ3) is 4.24. The zero-order valence-electron chi connectivity index (χ0n) is 14.7. The van der Waals surface area contributed by atoms with Crippen LogP contribution in [0.15, 0.2) is 0 Å². The number of nitrogens with one attached hydrogen (secondary N) is 1. The van der Waals surface area contributed by atoms with E-state index in [-0.39, 0.29) is 0 Å². The summed E-state index contributed by atoms with van der Waals surface area (Å²) in [4.78, 5) is 2.81. The Kier molecular flexibility index (Phi) is 6.17. The predicted molar refractivity (Wildman–Crippen MR) is 92.2 cm³/mol. The van der Waals surface area contributed by atoms with Crippen LogP contribution in [0.5, 0.6) is 0 Å². The van der Waals surface area contributed by atoms with Gasteiger partial charge in [-0.15, -0.1) is 0 Å². The summed E-state index contributed by atoms with van der Waals surface area (Å²) in [6.07, 6.45) is 11.0. The molecule has 1 saturated carbocycles. The molecule has 1 aliphatic carbocycles. The summed E-state index contributed by atoms with van der Waals surface area (Å²) in [5.74, 6) is 1.74. The van der Waals surface area contributed by atoms with E-state index in [4.69, 9.17) is 4.74 Å². The molecule has 22 heavy (non-hydrogen) atoms. The van der Waals surface area contributed by atoms with Gasteiger partial charge in [-0.05, 0) is 70.4 Å². The Morgan fingerprint density at radius 2 is 1.64 bits per heavy atom. The van der Waals surface area contributed by atoms with Gasteiger partial charge in [0.05, 0.1) is 0 Å². The van der Waals surface area contributed by atoms with Crippen LogP contribution in [0.4, 0.5) is 0 Å². The van der Waals surface area contributed by atoms with Crippen molar-refractivity contribution in [1.82, 2.24) is 10.2 Å². The lowest BCUT2D eigenvalue weighted by molar-refractivity contribution is 0.0483. The molecule has 3 fully saturated rings. The number of hydrogen-bond donors (Lipinski definition) is 1. The minimum atomic E-state index is 0.661. The van der Waals surface area contributed by atoms with Crippen LogP contribution in [-0.2, 0) is 4.74 Å². The molecule has 3 atom stereocenters. The van der Waals surface area contributed by atoms with E-state index in [2.05, 4.69) is 24.1 Å². The average molecular weight is 309 g/mol. The number of hydrogen-bond acceptors (Lipinski definition) is 3. The van der Waals surface area contributed by atoms with Gasteiger partial charge in [0.1, 0.15) is 0 Å². The Morgan fingerprint density at radius 3 is 2.32 bits per heavy atom. The van der Waals surface area contributed by atoms with E-state index in [1.54, 1.807) is 0 Å². The number of ether oxygens (including phenoxy) is 1. The van der Waals surface area contributed by atoms with E-state index in [1.165, 1.54) is 64.5 Å². The van der Waals surface area contributed by atoms with Crippen molar-refractivity contribution in [2.24, 2.45) is 11.8 Å². The normalized spacial score (nSPS) is 34.6. The molecule has 0 bridgehead atoms. The van der Waals surface area contributed by atoms with Gasteiger partial charge in [0.2, 0.25) is 0 Å². The van der Waals surface area contributed by atoms with Crippen molar-refractivity contribution in [2.45, 2.75) is 83.3 Å². The summed E-state index contributed by atoms with van der Waals surface area (Å²) in [7, 11) is 0. The van der Waals surface area contributed by atoms with E-state index in [0.29, 0.717) is 6.04 Å². The average Bonchev–Trinajstić information content (AvgIpc) is 2.57. The highest BCUT2D eigenvalue weighted by atomic mass is 16.5. The first-order valence-electron chi connectivity index (χ1n) is 9.82. The second kappa shape index (κ2) is 8.12. The Hall–Kier alpha value is -0.120. The van der Waals surface area contributed by atoms with Crippen LogP contribution in [0.3, 0.4) is 0 Å². The third-order valence-electron chi connectivity index (χ3n) is 6.54. The first kappa shape index (κ1) is 16.7. The number of rotatable bonds is 4. The fourth-order valence-electron chi connectivity index (χ4n) is 4.96. The van der Waals surface area contributed by atoms with Crippen LogP contribution in [0.2, 0.25) is 0 Å². The molecular formula is C19H36N2O. The minimum Gasteiger partial charge on any atom is -0.381 e. The van der Waals surface area contributed by atoms with Crippen molar-refractivity contribution in [3.8, 4) is 0 Å². The van der Waals surface area contributed by atoms with E-state index in [1.807, 2.05) is 0 Å².